The number of aryl methyl sites for hydroxylation is 1. The maximum Gasteiger partial charge on any atom is 0.243 e. The lowest BCUT2D eigenvalue weighted by molar-refractivity contribution is -0.141. The van der Waals surface area contributed by atoms with Crippen LogP contribution in [0.1, 0.15) is 43.9 Å². The fraction of sp³-hybridized carbons (Fsp3) is 0.310. The normalized spacial score (nSPS) is 12.1. The quantitative estimate of drug-likeness (QED) is 0.422. The van der Waals surface area contributed by atoms with Gasteiger partial charge in [0.25, 0.3) is 0 Å². The third-order valence-corrected chi connectivity index (χ3v) is 5.90. The number of nitrogens with zero attached hydrogens (tertiary/aromatic N) is 1. The van der Waals surface area contributed by atoms with Gasteiger partial charge in [-0.05, 0) is 49.9 Å². The molecule has 0 aliphatic heterocycles. The highest BCUT2D eigenvalue weighted by Crippen LogP contribution is 2.20. The van der Waals surface area contributed by atoms with Crippen molar-refractivity contribution >= 4 is 23.4 Å². The molecule has 3 aromatic carbocycles. The fourth-order valence-electron chi connectivity index (χ4n) is 3.87. The minimum Gasteiger partial charge on any atom is -0.350 e. The number of hydrogen-bond donors (Lipinski definition) is 1. The number of amides is 2. The van der Waals surface area contributed by atoms with Crippen molar-refractivity contribution in [3.63, 3.8) is 0 Å². The van der Waals surface area contributed by atoms with Crippen molar-refractivity contribution in [1.82, 2.24) is 10.2 Å². The van der Waals surface area contributed by atoms with E-state index < -0.39 is 11.6 Å². The number of carbonyl (C=O) groups is 2. The highest BCUT2D eigenvalue weighted by molar-refractivity contribution is 6.31. The van der Waals surface area contributed by atoms with Crippen molar-refractivity contribution in [3.8, 4) is 0 Å². The van der Waals surface area contributed by atoms with E-state index in [-0.39, 0.29) is 18.2 Å². The smallest absolute Gasteiger partial charge is 0.243 e. The monoisotopic (exact) mass is 476 g/mol. The number of rotatable bonds is 9. The predicted molar refractivity (Wildman–Crippen MR) is 139 cm³/mol. The molecule has 0 saturated carbocycles. The van der Waals surface area contributed by atoms with Gasteiger partial charge < -0.3 is 10.2 Å². The van der Waals surface area contributed by atoms with Crippen molar-refractivity contribution in [2.24, 2.45) is 0 Å². The zero-order valence-corrected chi connectivity index (χ0v) is 20.9. The van der Waals surface area contributed by atoms with E-state index in [1.165, 1.54) is 0 Å². The average molecular weight is 477 g/mol. The number of nitrogens with one attached hydrogen (secondary N) is 1. The summed E-state index contributed by atoms with van der Waals surface area (Å²) in [6.45, 7) is 6.21. The summed E-state index contributed by atoms with van der Waals surface area (Å²) >= 11 is 6.32. The van der Waals surface area contributed by atoms with Gasteiger partial charge in [0.05, 0.1) is 0 Å². The van der Waals surface area contributed by atoms with Crippen LogP contribution < -0.4 is 5.32 Å². The Labute approximate surface area is 207 Å². The largest absolute Gasteiger partial charge is 0.350 e. The Morgan fingerprint density at radius 1 is 0.853 bits per heavy atom. The first-order valence-corrected chi connectivity index (χ1v) is 12.0. The minimum atomic E-state index is -0.638. The second-order valence-corrected chi connectivity index (χ2v) is 9.95. The van der Waals surface area contributed by atoms with Gasteiger partial charge in [0.1, 0.15) is 6.04 Å². The van der Waals surface area contributed by atoms with Crippen molar-refractivity contribution in [2.75, 3.05) is 0 Å². The molecule has 5 heteroatoms. The van der Waals surface area contributed by atoms with Gasteiger partial charge in [-0.25, -0.2) is 0 Å². The van der Waals surface area contributed by atoms with E-state index >= 15 is 0 Å². The standard InChI is InChI=1S/C29H33ClN2O2/c1-29(2,3)31-28(34)26(20-22-12-6-4-7-13-22)32(21-23-14-8-5-9-15-23)27(33)19-18-24-16-10-11-17-25(24)30/h4-17,26H,18-21H2,1-3H3,(H,31,34)/t26-/m1/s1. The molecule has 2 amide bonds. The zero-order valence-electron chi connectivity index (χ0n) is 20.1. The number of hydrogen-bond acceptors (Lipinski definition) is 2. The van der Waals surface area contributed by atoms with E-state index in [9.17, 15) is 9.59 Å². The molecule has 3 aromatic rings. The van der Waals surface area contributed by atoms with E-state index in [4.69, 9.17) is 11.6 Å². The fourth-order valence-corrected chi connectivity index (χ4v) is 4.10. The van der Waals surface area contributed by atoms with Gasteiger partial charge in [0.2, 0.25) is 11.8 Å². The molecule has 178 valence electrons. The molecule has 0 radical (unpaired) electrons. The first-order valence-electron chi connectivity index (χ1n) is 11.7. The molecule has 0 bridgehead atoms. The summed E-state index contributed by atoms with van der Waals surface area (Å²) < 4.78 is 0. The molecule has 0 unspecified atom stereocenters. The van der Waals surface area contributed by atoms with Crippen molar-refractivity contribution in [1.29, 1.82) is 0 Å². The first kappa shape index (κ1) is 25.5. The summed E-state index contributed by atoms with van der Waals surface area (Å²) in [5, 5.41) is 3.74. The molecule has 0 heterocycles. The van der Waals surface area contributed by atoms with E-state index in [1.54, 1.807) is 4.90 Å². The minimum absolute atomic E-state index is 0.0752. The third kappa shape index (κ3) is 7.74. The lowest BCUT2D eigenvalue weighted by atomic mass is 10.00. The number of benzene rings is 3. The third-order valence-electron chi connectivity index (χ3n) is 5.53. The zero-order chi connectivity index (χ0) is 24.6. The molecule has 0 aliphatic carbocycles. The molecule has 0 saturated heterocycles. The SMILES string of the molecule is CC(C)(C)NC(=O)[C@@H](Cc1ccccc1)N(Cc1ccccc1)C(=O)CCc1ccccc1Cl. The van der Waals surface area contributed by atoms with Gasteiger partial charge in [-0.15, -0.1) is 0 Å². The molecule has 1 atom stereocenters. The van der Waals surface area contributed by atoms with Gasteiger partial charge in [0.15, 0.2) is 0 Å². The Bertz CT molecular complexity index is 1080. The van der Waals surface area contributed by atoms with Crippen LogP contribution in [0.25, 0.3) is 0 Å². The molecule has 0 aliphatic rings. The molecule has 34 heavy (non-hydrogen) atoms. The Morgan fingerprint density at radius 2 is 1.41 bits per heavy atom. The van der Waals surface area contributed by atoms with Crippen LogP contribution in [0.5, 0.6) is 0 Å². The molecule has 3 rings (SSSR count). The van der Waals surface area contributed by atoms with Gasteiger partial charge in [-0.2, -0.15) is 0 Å². The van der Waals surface area contributed by atoms with Gasteiger partial charge in [0, 0.05) is 29.9 Å². The molecule has 4 nitrogen and oxygen atoms in total. The summed E-state index contributed by atoms with van der Waals surface area (Å²) in [7, 11) is 0. The van der Waals surface area contributed by atoms with Gasteiger partial charge >= 0.3 is 0 Å². The molecular formula is C29H33ClN2O2. The van der Waals surface area contributed by atoms with Crippen LogP contribution in [0.4, 0.5) is 0 Å². The predicted octanol–water partition coefficient (Wildman–Crippen LogP) is 5.83. The molecule has 1 N–H and O–H groups in total. The summed E-state index contributed by atoms with van der Waals surface area (Å²) in [6, 6.07) is 26.6. The number of carbonyl (C=O) groups excluding carboxylic acids is 2. The molecule has 0 aromatic heterocycles. The van der Waals surface area contributed by atoms with Crippen LogP contribution in [0.15, 0.2) is 84.9 Å². The maximum atomic E-state index is 13.6. The second kappa shape index (κ2) is 11.8. The van der Waals surface area contributed by atoms with Crippen molar-refractivity contribution in [3.05, 3.63) is 107 Å². The van der Waals surface area contributed by atoms with E-state index in [0.29, 0.717) is 24.4 Å². The molecule has 0 spiro atoms. The summed E-state index contributed by atoms with van der Waals surface area (Å²) in [4.78, 5) is 28.9. The Morgan fingerprint density at radius 3 is 2.00 bits per heavy atom. The molecule has 0 fully saturated rings. The van der Waals surface area contributed by atoms with Crippen LogP contribution in [0, 0.1) is 0 Å². The molecular weight excluding hydrogens is 444 g/mol. The summed E-state index contributed by atoms with van der Waals surface area (Å²) in [6.07, 6.45) is 1.22. The Kier molecular flexibility index (Phi) is 8.89. The van der Waals surface area contributed by atoms with Crippen LogP contribution >= 0.6 is 11.6 Å². The average Bonchev–Trinajstić information content (AvgIpc) is 2.81. The van der Waals surface area contributed by atoms with Crippen LogP contribution in [-0.4, -0.2) is 28.3 Å². The van der Waals surface area contributed by atoms with Crippen LogP contribution in [-0.2, 0) is 29.0 Å². The summed E-state index contributed by atoms with van der Waals surface area (Å²) in [5.41, 5.74) is 2.50. The summed E-state index contributed by atoms with van der Waals surface area (Å²) in [5.74, 6) is -0.229. The second-order valence-electron chi connectivity index (χ2n) is 9.54. The highest BCUT2D eigenvalue weighted by atomic mass is 35.5. The Balaban J connectivity index is 1.91. The van der Waals surface area contributed by atoms with Crippen molar-refractivity contribution in [2.45, 2.75) is 58.2 Å². The van der Waals surface area contributed by atoms with Crippen LogP contribution in [0.3, 0.4) is 0 Å². The first-order chi connectivity index (χ1) is 16.2. The van der Waals surface area contributed by atoms with Gasteiger partial charge in [-0.1, -0.05) is 90.5 Å². The number of halogens is 1. The van der Waals surface area contributed by atoms with E-state index in [2.05, 4.69) is 5.32 Å². The van der Waals surface area contributed by atoms with Gasteiger partial charge in [-0.3, -0.25) is 9.59 Å². The van der Waals surface area contributed by atoms with Crippen molar-refractivity contribution < 1.29 is 9.59 Å². The Hall–Kier alpha value is -3.11. The maximum absolute atomic E-state index is 13.6. The van der Waals surface area contributed by atoms with E-state index in [0.717, 1.165) is 16.7 Å². The highest BCUT2D eigenvalue weighted by Gasteiger charge is 2.32. The lowest BCUT2D eigenvalue weighted by Gasteiger charge is -2.34. The van der Waals surface area contributed by atoms with Crippen LogP contribution in [0.2, 0.25) is 5.02 Å². The lowest BCUT2D eigenvalue weighted by Crippen LogP contribution is -2.54. The van der Waals surface area contributed by atoms with E-state index in [1.807, 2.05) is 106 Å². The topological polar surface area (TPSA) is 49.4 Å².